The molecule has 0 fully saturated rings. The Kier molecular flexibility index (Phi) is 6.43. The molecule has 9 aromatic rings. The van der Waals surface area contributed by atoms with Gasteiger partial charge in [-0.25, -0.2) is 15.0 Å². The molecule has 0 atom stereocenters. The maximum atomic E-state index is 6.19. The third-order valence-electron chi connectivity index (χ3n) is 8.73. The lowest BCUT2D eigenvalue weighted by Gasteiger charge is -2.10. The van der Waals surface area contributed by atoms with Crippen molar-refractivity contribution in [3.63, 3.8) is 0 Å². The van der Waals surface area contributed by atoms with Crippen LogP contribution in [-0.2, 0) is 0 Å². The third-order valence-corrected chi connectivity index (χ3v) is 8.73. The van der Waals surface area contributed by atoms with Crippen LogP contribution in [0.2, 0.25) is 0 Å². The molecule has 0 aliphatic heterocycles. The molecule has 0 aliphatic carbocycles. The monoisotopic (exact) mass is 601 g/mol. The zero-order valence-corrected chi connectivity index (χ0v) is 25.3. The van der Waals surface area contributed by atoms with Gasteiger partial charge in [0.25, 0.3) is 0 Å². The lowest BCUT2D eigenvalue weighted by Crippen LogP contribution is -2.00. The number of hydrogen-bond acceptors (Lipinski definition) is 4. The standard InChI is InChI=1S/C43H27N3O/c1-3-10-28(11-4-1)29-18-20-30(21-19-29)32-22-23-34-27-35(25-24-33(34)26-32)42-44-41(31-12-5-2-6-13-31)45-43(46-42)37-15-9-17-39-40(37)36-14-7-8-16-38(36)47-39/h1-27H. The van der Waals surface area contributed by atoms with Gasteiger partial charge in [-0.2, -0.15) is 0 Å². The zero-order valence-electron chi connectivity index (χ0n) is 25.3. The fourth-order valence-electron chi connectivity index (χ4n) is 6.35. The molecule has 0 radical (unpaired) electrons. The van der Waals surface area contributed by atoms with E-state index in [-0.39, 0.29) is 0 Å². The summed E-state index contributed by atoms with van der Waals surface area (Å²) in [5, 5.41) is 4.32. The highest BCUT2D eigenvalue weighted by molar-refractivity contribution is 6.11. The Morgan fingerprint density at radius 2 is 0.851 bits per heavy atom. The van der Waals surface area contributed by atoms with Crippen molar-refractivity contribution < 1.29 is 4.42 Å². The van der Waals surface area contributed by atoms with E-state index in [1.165, 1.54) is 22.3 Å². The van der Waals surface area contributed by atoms with Crippen LogP contribution in [0.3, 0.4) is 0 Å². The molecule has 2 heterocycles. The van der Waals surface area contributed by atoms with Crippen molar-refractivity contribution in [3.05, 3.63) is 164 Å². The minimum absolute atomic E-state index is 0.611. The number of rotatable bonds is 5. The molecular weight excluding hydrogens is 574 g/mol. The molecule has 220 valence electrons. The highest BCUT2D eigenvalue weighted by Crippen LogP contribution is 2.37. The lowest BCUT2D eigenvalue weighted by atomic mass is 9.97. The summed E-state index contributed by atoms with van der Waals surface area (Å²) < 4.78 is 6.19. The van der Waals surface area contributed by atoms with Crippen molar-refractivity contribution in [2.75, 3.05) is 0 Å². The number of benzene rings is 7. The van der Waals surface area contributed by atoms with Crippen molar-refractivity contribution in [1.29, 1.82) is 0 Å². The van der Waals surface area contributed by atoms with Crippen LogP contribution in [0.5, 0.6) is 0 Å². The lowest BCUT2D eigenvalue weighted by molar-refractivity contribution is 0.669. The molecule has 9 rings (SSSR count). The second-order valence-electron chi connectivity index (χ2n) is 11.7. The summed E-state index contributed by atoms with van der Waals surface area (Å²) in [6.07, 6.45) is 0. The van der Waals surface area contributed by atoms with Crippen molar-refractivity contribution >= 4 is 32.7 Å². The van der Waals surface area contributed by atoms with E-state index in [1.807, 2.05) is 66.7 Å². The van der Waals surface area contributed by atoms with Gasteiger partial charge in [-0.1, -0.05) is 140 Å². The van der Waals surface area contributed by atoms with Crippen molar-refractivity contribution in [2.45, 2.75) is 0 Å². The van der Waals surface area contributed by atoms with E-state index >= 15 is 0 Å². The molecule has 0 saturated heterocycles. The average molecular weight is 602 g/mol. The molecule has 0 aliphatic rings. The maximum absolute atomic E-state index is 6.19. The fourth-order valence-corrected chi connectivity index (χ4v) is 6.35. The number of fused-ring (bicyclic) bond motifs is 4. The van der Waals surface area contributed by atoms with E-state index < -0.39 is 0 Å². The Balaban J connectivity index is 1.14. The molecule has 0 N–H and O–H groups in total. The van der Waals surface area contributed by atoms with Gasteiger partial charge in [0, 0.05) is 27.5 Å². The Bertz CT molecular complexity index is 2550. The van der Waals surface area contributed by atoms with Gasteiger partial charge in [-0.3, -0.25) is 0 Å². The summed E-state index contributed by atoms with van der Waals surface area (Å²) in [6, 6.07) is 56.5. The summed E-state index contributed by atoms with van der Waals surface area (Å²) in [7, 11) is 0. The van der Waals surface area contributed by atoms with Crippen LogP contribution in [0.15, 0.2) is 168 Å². The Hall–Kier alpha value is -6.39. The molecule has 4 nitrogen and oxygen atoms in total. The Morgan fingerprint density at radius 1 is 0.340 bits per heavy atom. The predicted octanol–water partition coefficient (Wildman–Crippen LogP) is 11.3. The van der Waals surface area contributed by atoms with Crippen LogP contribution in [0, 0.1) is 0 Å². The molecule has 0 bridgehead atoms. The van der Waals surface area contributed by atoms with E-state index in [1.54, 1.807) is 0 Å². The Labute approximate surface area is 271 Å². The number of para-hydroxylation sites is 1. The first kappa shape index (κ1) is 27.0. The topological polar surface area (TPSA) is 51.8 Å². The van der Waals surface area contributed by atoms with E-state index in [9.17, 15) is 0 Å². The quantitative estimate of drug-likeness (QED) is 0.197. The number of furan rings is 1. The van der Waals surface area contributed by atoms with Crippen molar-refractivity contribution in [1.82, 2.24) is 15.0 Å². The summed E-state index contributed by atoms with van der Waals surface area (Å²) in [4.78, 5) is 15.1. The van der Waals surface area contributed by atoms with Crippen LogP contribution in [0.25, 0.3) is 89.1 Å². The fraction of sp³-hybridized carbons (Fsp3) is 0. The normalized spacial score (nSPS) is 11.4. The van der Waals surface area contributed by atoms with Gasteiger partial charge in [-0.05, 0) is 57.3 Å². The highest BCUT2D eigenvalue weighted by Gasteiger charge is 2.18. The van der Waals surface area contributed by atoms with E-state index in [0.29, 0.717) is 17.5 Å². The molecule has 0 saturated carbocycles. The highest BCUT2D eigenvalue weighted by atomic mass is 16.3. The minimum Gasteiger partial charge on any atom is -0.456 e. The molecular formula is C43H27N3O. The summed E-state index contributed by atoms with van der Waals surface area (Å²) in [6.45, 7) is 0. The molecule has 4 heteroatoms. The third kappa shape index (κ3) is 4.93. The Morgan fingerprint density at radius 3 is 1.60 bits per heavy atom. The second kappa shape index (κ2) is 11.2. The van der Waals surface area contributed by atoms with Crippen molar-refractivity contribution in [3.8, 4) is 56.4 Å². The van der Waals surface area contributed by atoms with Gasteiger partial charge >= 0.3 is 0 Å². The first-order chi connectivity index (χ1) is 23.3. The first-order valence-corrected chi connectivity index (χ1v) is 15.7. The molecule has 7 aromatic carbocycles. The van der Waals surface area contributed by atoms with Gasteiger partial charge < -0.3 is 4.42 Å². The van der Waals surface area contributed by atoms with Crippen LogP contribution < -0.4 is 0 Å². The van der Waals surface area contributed by atoms with E-state index in [4.69, 9.17) is 19.4 Å². The van der Waals surface area contributed by atoms with Crippen LogP contribution in [0.1, 0.15) is 0 Å². The number of nitrogens with zero attached hydrogens (tertiary/aromatic N) is 3. The van der Waals surface area contributed by atoms with Gasteiger partial charge in [0.1, 0.15) is 11.2 Å². The van der Waals surface area contributed by atoms with Gasteiger partial charge in [0.2, 0.25) is 0 Å². The van der Waals surface area contributed by atoms with E-state index in [0.717, 1.165) is 49.4 Å². The second-order valence-corrected chi connectivity index (χ2v) is 11.7. The van der Waals surface area contributed by atoms with Crippen molar-refractivity contribution in [2.24, 2.45) is 0 Å². The molecule has 47 heavy (non-hydrogen) atoms. The predicted molar refractivity (Wildman–Crippen MR) is 192 cm³/mol. The molecule has 0 unspecified atom stereocenters. The average Bonchev–Trinajstić information content (AvgIpc) is 3.54. The van der Waals surface area contributed by atoms with Crippen LogP contribution in [-0.4, -0.2) is 15.0 Å². The largest absolute Gasteiger partial charge is 0.456 e. The number of aromatic nitrogens is 3. The summed E-state index contributed by atoms with van der Waals surface area (Å²) in [5.74, 6) is 1.87. The van der Waals surface area contributed by atoms with E-state index in [2.05, 4.69) is 97.1 Å². The molecule has 0 amide bonds. The van der Waals surface area contributed by atoms with Crippen LogP contribution >= 0.6 is 0 Å². The molecule has 2 aromatic heterocycles. The smallest absolute Gasteiger partial charge is 0.164 e. The van der Waals surface area contributed by atoms with Gasteiger partial charge in [0.15, 0.2) is 17.5 Å². The SMILES string of the molecule is c1ccc(-c2ccc(-c3ccc4cc(-c5nc(-c6ccccc6)nc(-c6cccc7oc8ccccc8c67)n5)ccc4c3)cc2)cc1. The minimum atomic E-state index is 0.611. The maximum Gasteiger partial charge on any atom is 0.164 e. The van der Waals surface area contributed by atoms with Gasteiger partial charge in [0.05, 0.1) is 0 Å². The summed E-state index contributed by atoms with van der Waals surface area (Å²) in [5.41, 5.74) is 9.23. The summed E-state index contributed by atoms with van der Waals surface area (Å²) >= 11 is 0. The first-order valence-electron chi connectivity index (χ1n) is 15.7. The van der Waals surface area contributed by atoms with Crippen LogP contribution in [0.4, 0.5) is 0 Å². The van der Waals surface area contributed by atoms with Gasteiger partial charge in [-0.15, -0.1) is 0 Å². The zero-order chi connectivity index (χ0) is 31.2. The molecule has 0 spiro atoms. The number of hydrogen-bond donors (Lipinski definition) is 0.